The predicted octanol–water partition coefficient (Wildman–Crippen LogP) is 1.26. The van der Waals surface area contributed by atoms with Crippen LogP contribution in [0.5, 0.6) is 0 Å². The van der Waals surface area contributed by atoms with Crippen LogP contribution in [-0.2, 0) is 5.75 Å². The zero-order valence-corrected chi connectivity index (χ0v) is 7.55. The molecule has 1 aromatic carbocycles. The molecule has 3 heteroatoms. The third-order valence-electron chi connectivity index (χ3n) is 1.62. The number of carbonyl (C=O) groups is 1. The molecule has 0 saturated carbocycles. The minimum Gasteiger partial charge on any atom is -0.324 e. The molecule has 0 fully saturated rings. The highest BCUT2D eigenvalue weighted by atomic mass is 32.1. The first-order chi connectivity index (χ1) is 5.77. The molecule has 0 amide bonds. The van der Waals surface area contributed by atoms with Gasteiger partial charge in [0.05, 0.1) is 6.54 Å². The summed E-state index contributed by atoms with van der Waals surface area (Å²) in [6.45, 7) is 0.0655. The Labute approximate surface area is 77.2 Å². The monoisotopic (exact) mass is 181 g/mol. The number of hydrogen-bond donors (Lipinski definition) is 2. The van der Waals surface area contributed by atoms with Crippen LogP contribution in [0.15, 0.2) is 24.3 Å². The van der Waals surface area contributed by atoms with Gasteiger partial charge in [-0.15, -0.1) is 0 Å². The SMILES string of the molecule is NCC(=O)c1cccc(CS)c1. The van der Waals surface area contributed by atoms with Crippen LogP contribution in [0, 0.1) is 0 Å². The molecular formula is C9H11NOS. The van der Waals surface area contributed by atoms with E-state index in [4.69, 9.17) is 5.73 Å². The molecule has 0 aliphatic carbocycles. The molecule has 64 valence electrons. The molecule has 1 rings (SSSR count). The molecule has 0 radical (unpaired) electrons. The largest absolute Gasteiger partial charge is 0.324 e. The minimum atomic E-state index is -0.0290. The second kappa shape index (κ2) is 4.28. The highest BCUT2D eigenvalue weighted by Gasteiger charge is 2.02. The molecule has 0 spiro atoms. The topological polar surface area (TPSA) is 43.1 Å². The van der Waals surface area contributed by atoms with Crippen LogP contribution in [-0.4, -0.2) is 12.3 Å². The van der Waals surface area contributed by atoms with Crippen LogP contribution in [0.25, 0.3) is 0 Å². The van der Waals surface area contributed by atoms with Crippen LogP contribution >= 0.6 is 12.6 Å². The van der Waals surface area contributed by atoms with Gasteiger partial charge in [-0.2, -0.15) is 12.6 Å². The van der Waals surface area contributed by atoms with E-state index in [-0.39, 0.29) is 12.3 Å². The second-order valence-electron chi connectivity index (χ2n) is 2.49. The van der Waals surface area contributed by atoms with Crippen molar-refractivity contribution in [2.75, 3.05) is 6.54 Å². The summed E-state index contributed by atoms with van der Waals surface area (Å²) in [7, 11) is 0. The van der Waals surface area contributed by atoms with E-state index < -0.39 is 0 Å². The number of ketones is 1. The maximum absolute atomic E-state index is 11.1. The second-order valence-corrected chi connectivity index (χ2v) is 2.80. The van der Waals surface area contributed by atoms with Gasteiger partial charge < -0.3 is 5.73 Å². The highest BCUT2D eigenvalue weighted by Crippen LogP contribution is 2.07. The summed E-state index contributed by atoms with van der Waals surface area (Å²) in [4.78, 5) is 11.1. The van der Waals surface area contributed by atoms with Crippen molar-refractivity contribution in [1.82, 2.24) is 0 Å². The normalized spacial score (nSPS) is 9.83. The molecule has 0 aliphatic rings. The van der Waals surface area contributed by atoms with Gasteiger partial charge in [0.25, 0.3) is 0 Å². The molecule has 12 heavy (non-hydrogen) atoms. The predicted molar refractivity (Wildman–Crippen MR) is 52.5 cm³/mol. The van der Waals surface area contributed by atoms with Crippen molar-refractivity contribution in [3.63, 3.8) is 0 Å². The lowest BCUT2D eigenvalue weighted by Gasteiger charge is -1.99. The third-order valence-corrected chi connectivity index (χ3v) is 1.98. The molecular weight excluding hydrogens is 170 g/mol. The summed E-state index contributed by atoms with van der Waals surface area (Å²) in [5.41, 5.74) is 6.94. The van der Waals surface area contributed by atoms with Crippen molar-refractivity contribution in [3.05, 3.63) is 35.4 Å². The molecule has 0 unspecified atom stereocenters. The Bertz CT molecular complexity index is 286. The average Bonchev–Trinajstić information content (AvgIpc) is 2.17. The van der Waals surface area contributed by atoms with Gasteiger partial charge in [0.15, 0.2) is 5.78 Å². The van der Waals surface area contributed by atoms with Gasteiger partial charge in [-0.3, -0.25) is 4.79 Å². The molecule has 0 aliphatic heterocycles. The molecule has 0 heterocycles. The lowest BCUT2D eigenvalue weighted by molar-refractivity contribution is 0.100. The summed E-state index contributed by atoms with van der Waals surface area (Å²) in [6, 6.07) is 7.36. The molecule has 0 bridgehead atoms. The summed E-state index contributed by atoms with van der Waals surface area (Å²) < 4.78 is 0. The van der Waals surface area contributed by atoms with Gasteiger partial charge in [0, 0.05) is 11.3 Å². The summed E-state index contributed by atoms with van der Waals surface area (Å²) in [6.07, 6.45) is 0. The van der Waals surface area contributed by atoms with Gasteiger partial charge in [0.1, 0.15) is 0 Å². The first-order valence-electron chi connectivity index (χ1n) is 3.71. The Hall–Kier alpha value is -0.800. The average molecular weight is 181 g/mol. The number of thiol groups is 1. The van der Waals surface area contributed by atoms with Gasteiger partial charge in [0.2, 0.25) is 0 Å². The maximum Gasteiger partial charge on any atom is 0.176 e. The first kappa shape index (κ1) is 9.29. The van der Waals surface area contributed by atoms with Crippen LogP contribution in [0.2, 0.25) is 0 Å². The number of Topliss-reactive ketones (excluding diaryl/α,β-unsaturated/α-hetero) is 1. The van der Waals surface area contributed by atoms with E-state index in [2.05, 4.69) is 12.6 Å². The smallest absolute Gasteiger partial charge is 0.176 e. The van der Waals surface area contributed by atoms with E-state index >= 15 is 0 Å². The van der Waals surface area contributed by atoms with Crippen LogP contribution in [0.4, 0.5) is 0 Å². The van der Waals surface area contributed by atoms with E-state index in [1.165, 1.54) is 0 Å². The van der Waals surface area contributed by atoms with Gasteiger partial charge in [-0.25, -0.2) is 0 Å². The number of hydrogen-bond acceptors (Lipinski definition) is 3. The Morgan fingerprint density at radius 2 is 2.25 bits per heavy atom. The maximum atomic E-state index is 11.1. The Balaban J connectivity index is 2.93. The Morgan fingerprint density at radius 3 is 2.83 bits per heavy atom. The van der Waals surface area contributed by atoms with Gasteiger partial charge in [-0.1, -0.05) is 18.2 Å². The lowest BCUT2D eigenvalue weighted by Crippen LogP contribution is -2.13. The Morgan fingerprint density at radius 1 is 1.50 bits per heavy atom. The summed E-state index contributed by atoms with van der Waals surface area (Å²) in [5, 5.41) is 0. The first-order valence-corrected chi connectivity index (χ1v) is 4.34. The fraction of sp³-hybridized carbons (Fsp3) is 0.222. The van der Waals surface area contributed by atoms with Crippen LogP contribution in [0.3, 0.4) is 0 Å². The zero-order chi connectivity index (χ0) is 8.97. The fourth-order valence-electron chi connectivity index (χ4n) is 0.961. The fourth-order valence-corrected chi connectivity index (χ4v) is 1.16. The van der Waals surface area contributed by atoms with E-state index in [1.807, 2.05) is 18.2 Å². The number of rotatable bonds is 3. The van der Waals surface area contributed by atoms with Crippen molar-refractivity contribution in [1.29, 1.82) is 0 Å². The van der Waals surface area contributed by atoms with Crippen molar-refractivity contribution in [2.24, 2.45) is 5.73 Å². The molecule has 1 aromatic rings. The molecule has 2 nitrogen and oxygen atoms in total. The Kier molecular flexibility index (Phi) is 3.31. The number of nitrogens with two attached hydrogens (primary N) is 1. The van der Waals surface area contributed by atoms with Crippen molar-refractivity contribution in [2.45, 2.75) is 5.75 Å². The van der Waals surface area contributed by atoms with E-state index in [0.29, 0.717) is 11.3 Å². The van der Waals surface area contributed by atoms with Gasteiger partial charge in [-0.05, 0) is 11.6 Å². The molecule has 0 atom stereocenters. The standard InChI is InChI=1S/C9H11NOS/c10-5-9(11)8-3-1-2-7(4-8)6-12/h1-4,12H,5-6,10H2. The highest BCUT2D eigenvalue weighted by molar-refractivity contribution is 7.79. The quantitative estimate of drug-likeness (QED) is 0.544. The van der Waals surface area contributed by atoms with Crippen molar-refractivity contribution >= 4 is 18.4 Å². The minimum absolute atomic E-state index is 0.0290. The molecule has 2 N–H and O–H groups in total. The van der Waals surface area contributed by atoms with Crippen molar-refractivity contribution in [3.8, 4) is 0 Å². The van der Waals surface area contributed by atoms with E-state index in [9.17, 15) is 4.79 Å². The third kappa shape index (κ3) is 2.09. The van der Waals surface area contributed by atoms with Crippen LogP contribution < -0.4 is 5.73 Å². The molecule has 0 saturated heterocycles. The number of benzene rings is 1. The molecule has 0 aromatic heterocycles. The number of carbonyl (C=O) groups excluding carboxylic acids is 1. The zero-order valence-electron chi connectivity index (χ0n) is 6.66. The summed E-state index contributed by atoms with van der Waals surface area (Å²) >= 11 is 4.11. The van der Waals surface area contributed by atoms with E-state index in [1.54, 1.807) is 6.07 Å². The van der Waals surface area contributed by atoms with Gasteiger partial charge >= 0.3 is 0 Å². The summed E-state index contributed by atoms with van der Waals surface area (Å²) in [5.74, 6) is 0.615. The van der Waals surface area contributed by atoms with E-state index in [0.717, 1.165) is 5.56 Å². The van der Waals surface area contributed by atoms with Crippen LogP contribution in [0.1, 0.15) is 15.9 Å². The van der Waals surface area contributed by atoms with Crippen molar-refractivity contribution < 1.29 is 4.79 Å². The lowest BCUT2D eigenvalue weighted by atomic mass is 10.1.